The molecule has 0 aromatic heterocycles. The lowest BCUT2D eigenvalue weighted by Gasteiger charge is -2.18. The van der Waals surface area contributed by atoms with Crippen molar-refractivity contribution in [2.24, 2.45) is 44.1 Å². The van der Waals surface area contributed by atoms with Crippen LogP contribution in [-0.2, 0) is 0 Å². The standard InChI is InChI=1S/C26H24N4O4/c1-33-21-7-3-5-15(25(21)31)13-27-29-20-12-11-17-18-9-10-19(23(17)20)24(18)30-28-14-16-6-4-8-22(34-2)26(16)32/h3-14,17-19,23,31-32H,1-2H3/b27-13+,28-14+,29-20-,30-24?/t17?,18-,19+,23?/m1/s1. The fourth-order valence-electron chi connectivity index (χ4n) is 4.86. The van der Waals surface area contributed by atoms with Crippen molar-refractivity contribution in [3.8, 4) is 23.0 Å². The third-order valence-corrected chi connectivity index (χ3v) is 6.50. The number of nitrogens with zero attached hydrogens (tertiary/aromatic N) is 4. The smallest absolute Gasteiger partial charge is 0.166 e. The average Bonchev–Trinajstić information content (AvgIpc) is 3.53. The number of phenols is 2. The van der Waals surface area contributed by atoms with Gasteiger partial charge in [-0.2, -0.15) is 20.4 Å². The number of aromatic hydroxyl groups is 2. The molecule has 3 aliphatic carbocycles. The lowest BCUT2D eigenvalue weighted by Crippen LogP contribution is -2.20. The molecule has 1 fully saturated rings. The molecule has 2 unspecified atom stereocenters. The first-order valence-electron chi connectivity index (χ1n) is 10.9. The van der Waals surface area contributed by atoms with E-state index >= 15 is 0 Å². The maximum absolute atomic E-state index is 10.2. The van der Waals surface area contributed by atoms with Crippen LogP contribution in [0.25, 0.3) is 0 Å². The summed E-state index contributed by atoms with van der Waals surface area (Å²) in [5.74, 6) is 1.55. The Kier molecular flexibility index (Phi) is 5.71. The van der Waals surface area contributed by atoms with Crippen molar-refractivity contribution < 1.29 is 19.7 Å². The second-order valence-electron chi connectivity index (χ2n) is 8.23. The van der Waals surface area contributed by atoms with Gasteiger partial charge in [0.1, 0.15) is 0 Å². The molecule has 2 bridgehead atoms. The number of para-hydroxylation sites is 2. The Morgan fingerprint density at radius 2 is 1.35 bits per heavy atom. The summed E-state index contributed by atoms with van der Waals surface area (Å²) in [5.41, 5.74) is 2.94. The number of phenolic OH excluding ortho intramolecular Hbond substituents is 2. The summed E-state index contributed by atoms with van der Waals surface area (Å²) in [6.07, 6.45) is 11.6. The molecule has 172 valence electrons. The highest BCUT2D eigenvalue weighted by molar-refractivity contribution is 6.09. The molecule has 0 saturated heterocycles. The monoisotopic (exact) mass is 456 g/mol. The fraction of sp³-hybridized carbons (Fsp3) is 0.231. The molecule has 8 heteroatoms. The normalized spacial score (nSPS) is 27.0. The topological polar surface area (TPSA) is 108 Å². The van der Waals surface area contributed by atoms with E-state index in [1.807, 2.05) is 6.08 Å². The van der Waals surface area contributed by atoms with E-state index in [2.05, 4.69) is 38.6 Å². The van der Waals surface area contributed by atoms with Gasteiger partial charge in [0.05, 0.1) is 38.1 Å². The van der Waals surface area contributed by atoms with Crippen molar-refractivity contribution in [2.45, 2.75) is 0 Å². The largest absolute Gasteiger partial charge is 0.504 e. The summed E-state index contributed by atoms with van der Waals surface area (Å²) in [4.78, 5) is 0. The van der Waals surface area contributed by atoms with Gasteiger partial charge in [-0.15, -0.1) is 0 Å². The predicted molar refractivity (Wildman–Crippen MR) is 132 cm³/mol. The van der Waals surface area contributed by atoms with Crippen LogP contribution in [-0.4, -0.2) is 48.3 Å². The molecule has 2 aromatic rings. The minimum atomic E-state index is 0.0333. The highest BCUT2D eigenvalue weighted by atomic mass is 16.5. The van der Waals surface area contributed by atoms with Gasteiger partial charge in [-0.3, -0.25) is 0 Å². The third-order valence-electron chi connectivity index (χ3n) is 6.50. The van der Waals surface area contributed by atoms with Crippen molar-refractivity contribution >= 4 is 23.9 Å². The predicted octanol–water partition coefficient (Wildman–Crippen LogP) is 3.98. The van der Waals surface area contributed by atoms with Crippen molar-refractivity contribution in [2.75, 3.05) is 14.2 Å². The van der Waals surface area contributed by atoms with Gasteiger partial charge in [-0.1, -0.05) is 30.4 Å². The molecule has 3 aliphatic rings. The summed E-state index contributed by atoms with van der Waals surface area (Å²) >= 11 is 0. The van der Waals surface area contributed by atoms with Gasteiger partial charge in [-0.05, 0) is 36.3 Å². The van der Waals surface area contributed by atoms with E-state index in [9.17, 15) is 10.2 Å². The van der Waals surface area contributed by atoms with E-state index in [-0.39, 0.29) is 35.2 Å². The Labute approximate surface area is 197 Å². The second kappa shape index (κ2) is 8.97. The van der Waals surface area contributed by atoms with Gasteiger partial charge in [0.15, 0.2) is 23.0 Å². The van der Waals surface area contributed by atoms with Crippen molar-refractivity contribution in [3.05, 3.63) is 71.8 Å². The molecule has 2 N–H and O–H groups in total. The number of hydrogen-bond donors (Lipinski definition) is 2. The third kappa shape index (κ3) is 3.67. The van der Waals surface area contributed by atoms with Crippen molar-refractivity contribution in [1.82, 2.24) is 0 Å². The molecular formula is C26H24N4O4. The minimum absolute atomic E-state index is 0.0333. The first kappa shape index (κ1) is 21.6. The molecular weight excluding hydrogens is 432 g/mol. The molecule has 0 radical (unpaired) electrons. The van der Waals surface area contributed by atoms with Crippen LogP contribution < -0.4 is 9.47 Å². The number of ether oxygens (including phenoxy) is 2. The van der Waals surface area contributed by atoms with Crippen LogP contribution in [0.2, 0.25) is 0 Å². The van der Waals surface area contributed by atoms with E-state index < -0.39 is 0 Å². The van der Waals surface area contributed by atoms with Gasteiger partial charge < -0.3 is 19.7 Å². The molecule has 0 aliphatic heterocycles. The van der Waals surface area contributed by atoms with Gasteiger partial charge in [0.25, 0.3) is 0 Å². The van der Waals surface area contributed by atoms with E-state index in [1.54, 1.807) is 36.4 Å². The van der Waals surface area contributed by atoms with Crippen LogP contribution in [0.3, 0.4) is 0 Å². The van der Waals surface area contributed by atoms with Crippen LogP contribution in [0.15, 0.2) is 81.1 Å². The maximum atomic E-state index is 10.2. The quantitative estimate of drug-likeness (QED) is 0.389. The van der Waals surface area contributed by atoms with E-state index in [0.717, 1.165) is 11.4 Å². The Hall–Kier alpha value is -4.20. The highest BCUT2D eigenvalue weighted by Crippen LogP contribution is 2.50. The lowest BCUT2D eigenvalue weighted by atomic mass is 9.85. The summed E-state index contributed by atoms with van der Waals surface area (Å²) in [5, 5.41) is 37.9. The molecule has 0 amide bonds. The Balaban J connectivity index is 1.34. The summed E-state index contributed by atoms with van der Waals surface area (Å²) in [7, 11) is 3.01. The van der Waals surface area contributed by atoms with Crippen LogP contribution in [0, 0.1) is 23.7 Å². The Morgan fingerprint density at radius 3 is 1.97 bits per heavy atom. The molecule has 0 heterocycles. The van der Waals surface area contributed by atoms with Crippen LogP contribution in [0.4, 0.5) is 0 Å². The first-order valence-corrected chi connectivity index (χ1v) is 10.9. The highest BCUT2D eigenvalue weighted by Gasteiger charge is 2.52. The van der Waals surface area contributed by atoms with Crippen LogP contribution in [0.5, 0.6) is 23.0 Å². The second-order valence-corrected chi connectivity index (χ2v) is 8.23. The number of rotatable bonds is 6. The average molecular weight is 457 g/mol. The molecule has 34 heavy (non-hydrogen) atoms. The van der Waals surface area contributed by atoms with Gasteiger partial charge in [-0.25, -0.2) is 0 Å². The van der Waals surface area contributed by atoms with Crippen molar-refractivity contribution in [1.29, 1.82) is 0 Å². The zero-order chi connectivity index (χ0) is 23.7. The maximum Gasteiger partial charge on any atom is 0.166 e. The summed E-state index contributed by atoms with van der Waals surface area (Å²) in [6.45, 7) is 0. The number of allylic oxidation sites excluding steroid dienone is 4. The zero-order valence-electron chi connectivity index (χ0n) is 18.7. The Bertz CT molecular complexity index is 1290. The summed E-state index contributed by atoms with van der Waals surface area (Å²) in [6, 6.07) is 10.4. The van der Waals surface area contributed by atoms with E-state index in [0.29, 0.717) is 22.6 Å². The van der Waals surface area contributed by atoms with Gasteiger partial charge >= 0.3 is 0 Å². The molecule has 0 spiro atoms. The molecule has 2 aromatic carbocycles. The summed E-state index contributed by atoms with van der Waals surface area (Å²) < 4.78 is 10.3. The Morgan fingerprint density at radius 1 is 0.765 bits per heavy atom. The number of fused-ring (bicyclic) bond motifs is 5. The number of benzene rings is 2. The fourth-order valence-corrected chi connectivity index (χ4v) is 4.86. The number of hydrogen-bond acceptors (Lipinski definition) is 8. The van der Waals surface area contributed by atoms with Gasteiger partial charge in [0.2, 0.25) is 0 Å². The molecule has 1 saturated carbocycles. The number of methoxy groups -OCH3 is 2. The van der Waals surface area contributed by atoms with Crippen molar-refractivity contribution in [3.63, 3.8) is 0 Å². The van der Waals surface area contributed by atoms with E-state index in [1.165, 1.54) is 26.6 Å². The van der Waals surface area contributed by atoms with Gasteiger partial charge in [0, 0.05) is 28.9 Å². The van der Waals surface area contributed by atoms with Crippen LogP contribution in [0.1, 0.15) is 11.1 Å². The molecule has 4 atom stereocenters. The molecule has 8 nitrogen and oxygen atoms in total. The van der Waals surface area contributed by atoms with E-state index in [4.69, 9.17) is 9.47 Å². The molecule has 5 rings (SSSR count). The minimum Gasteiger partial charge on any atom is -0.504 e. The first-order chi connectivity index (χ1) is 16.6. The SMILES string of the molecule is COc1cccc(/C=N/N=C2[C@H]3C=C[C@@H]2C2C=C/C(=N/N=C/c4cccc(OC)c4O)C23)c1O. The van der Waals surface area contributed by atoms with Crippen LogP contribution >= 0.6 is 0 Å². The zero-order valence-corrected chi connectivity index (χ0v) is 18.7. The lowest BCUT2D eigenvalue weighted by molar-refractivity contribution is 0.373.